The highest BCUT2D eigenvalue weighted by Gasteiger charge is 2.22. The number of pyridine rings is 1. The average molecular weight is 337 g/mol. The van der Waals surface area contributed by atoms with Gasteiger partial charge in [0.15, 0.2) is 0 Å². The fourth-order valence-corrected chi connectivity index (χ4v) is 3.44. The van der Waals surface area contributed by atoms with E-state index in [0.29, 0.717) is 5.95 Å². The summed E-state index contributed by atoms with van der Waals surface area (Å²) in [4.78, 5) is 16.2. The number of nitrogens with two attached hydrogens (primary N) is 1. The molecule has 5 heteroatoms. The summed E-state index contributed by atoms with van der Waals surface area (Å²) in [7, 11) is 0. The molecule has 3 aromatic heterocycles. The molecule has 5 rings (SSSR count). The Hall–Kier alpha value is -3.65. The Morgan fingerprint density at radius 1 is 1.00 bits per heavy atom. The van der Waals surface area contributed by atoms with Crippen LogP contribution in [0.3, 0.4) is 0 Å². The number of aromatic nitrogens is 4. The zero-order valence-electron chi connectivity index (χ0n) is 14.0. The van der Waals surface area contributed by atoms with E-state index < -0.39 is 0 Å². The molecule has 0 fully saturated rings. The first-order valence-corrected chi connectivity index (χ1v) is 8.46. The van der Waals surface area contributed by atoms with Crippen LogP contribution in [0.15, 0.2) is 48.9 Å². The van der Waals surface area contributed by atoms with Crippen molar-refractivity contribution in [1.29, 1.82) is 0 Å². The lowest BCUT2D eigenvalue weighted by Crippen LogP contribution is -2.07. The molecule has 1 aliphatic rings. The van der Waals surface area contributed by atoms with Gasteiger partial charge < -0.3 is 10.7 Å². The number of aryl methyl sites for hydroxylation is 2. The van der Waals surface area contributed by atoms with Crippen LogP contribution in [0.25, 0.3) is 22.2 Å². The standard InChI is InChI=1S/C21H15N5/c22-21-24-12-15-4-6-18-19(20(15)26-21)16-11-14(3-5-17(16)25-18)2-1-13-7-9-23-10-8-13/h3,5,7-12,25H,4,6H2,(H2,22,24,26). The topological polar surface area (TPSA) is 80.5 Å². The van der Waals surface area contributed by atoms with E-state index in [-0.39, 0.29) is 0 Å². The Labute approximate surface area is 150 Å². The van der Waals surface area contributed by atoms with Crippen molar-refractivity contribution in [2.45, 2.75) is 12.8 Å². The number of nitrogens with one attached hydrogen (secondary N) is 1. The van der Waals surface area contributed by atoms with Crippen LogP contribution in [-0.2, 0) is 12.8 Å². The van der Waals surface area contributed by atoms with Gasteiger partial charge in [0.1, 0.15) is 0 Å². The van der Waals surface area contributed by atoms with Gasteiger partial charge in [-0.1, -0.05) is 11.8 Å². The minimum atomic E-state index is 0.305. The van der Waals surface area contributed by atoms with E-state index in [1.54, 1.807) is 12.4 Å². The van der Waals surface area contributed by atoms with Gasteiger partial charge >= 0.3 is 0 Å². The van der Waals surface area contributed by atoms with E-state index in [4.69, 9.17) is 5.73 Å². The first-order chi connectivity index (χ1) is 12.8. The average Bonchev–Trinajstić information content (AvgIpc) is 3.05. The summed E-state index contributed by atoms with van der Waals surface area (Å²) in [6.07, 6.45) is 7.20. The van der Waals surface area contributed by atoms with E-state index in [1.165, 1.54) is 5.69 Å². The van der Waals surface area contributed by atoms with Crippen LogP contribution >= 0.6 is 0 Å². The minimum Gasteiger partial charge on any atom is -0.368 e. The molecule has 3 heterocycles. The molecule has 0 spiro atoms. The first-order valence-electron chi connectivity index (χ1n) is 8.46. The Morgan fingerprint density at radius 3 is 2.73 bits per heavy atom. The third-order valence-corrected chi connectivity index (χ3v) is 4.67. The molecule has 0 aliphatic heterocycles. The summed E-state index contributed by atoms with van der Waals surface area (Å²) in [6, 6.07) is 10.0. The Bertz CT molecular complexity index is 1200. The molecule has 4 aromatic rings. The number of anilines is 1. The molecular formula is C21H15N5. The molecule has 0 amide bonds. The van der Waals surface area contributed by atoms with Gasteiger partial charge in [-0.15, -0.1) is 0 Å². The van der Waals surface area contributed by atoms with Gasteiger partial charge in [0.2, 0.25) is 5.95 Å². The van der Waals surface area contributed by atoms with E-state index >= 15 is 0 Å². The largest absolute Gasteiger partial charge is 0.368 e. The maximum absolute atomic E-state index is 5.83. The van der Waals surface area contributed by atoms with Crippen molar-refractivity contribution in [3.63, 3.8) is 0 Å². The lowest BCUT2D eigenvalue weighted by molar-refractivity contribution is 0.891. The van der Waals surface area contributed by atoms with E-state index in [9.17, 15) is 0 Å². The predicted molar refractivity (Wildman–Crippen MR) is 101 cm³/mol. The molecule has 0 radical (unpaired) electrons. The lowest BCUT2D eigenvalue weighted by atomic mass is 9.93. The SMILES string of the molecule is Nc1ncc2c(n1)-c1c([nH]c3ccc(C#Cc4ccncc4)cc13)CC2. The van der Waals surface area contributed by atoms with Gasteiger partial charge in [-0.25, -0.2) is 9.97 Å². The smallest absolute Gasteiger partial charge is 0.220 e. The molecule has 0 bridgehead atoms. The number of nitrogen functional groups attached to an aromatic ring is 1. The molecule has 3 N–H and O–H groups in total. The number of hydrogen-bond donors (Lipinski definition) is 2. The Balaban J connectivity index is 1.66. The van der Waals surface area contributed by atoms with Crippen LogP contribution in [0.2, 0.25) is 0 Å². The number of fused-ring (bicyclic) bond motifs is 5. The van der Waals surface area contributed by atoms with Crippen LogP contribution in [0, 0.1) is 11.8 Å². The molecule has 0 atom stereocenters. The number of nitrogens with zero attached hydrogens (tertiary/aromatic N) is 3. The first kappa shape index (κ1) is 14.7. The highest BCUT2D eigenvalue weighted by Crippen LogP contribution is 2.38. The van der Waals surface area contributed by atoms with Crippen molar-refractivity contribution < 1.29 is 0 Å². The van der Waals surface area contributed by atoms with E-state index in [2.05, 4.69) is 43.9 Å². The van der Waals surface area contributed by atoms with E-state index in [1.807, 2.05) is 24.4 Å². The molecule has 0 saturated heterocycles. The van der Waals surface area contributed by atoms with Crippen molar-refractivity contribution in [2.24, 2.45) is 0 Å². The lowest BCUT2D eigenvalue weighted by Gasteiger charge is -2.15. The highest BCUT2D eigenvalue weighted by atomic mass is 15.0. The summed E-state index contributed by atoms with van der Waals surface area (Å²) in [5.41, 5.74) is 13.2. The van der Waals surface area contributed by atoms with E-state index in [0.717, 1.165) is 51.7 Å². The van der Waals surface area contributed by atoms with Gasteiger partial charge in [-0.3, -0.25) is 4.98 Å². The molecule has 1 aliphatic carbocycles. The fraction of sp³-hybridized carbons (Fsp3) is 0.0952. The van der Waals surface area contributed by atoms with Crippen molar-refractivity contribution in [1.82, 2.24) is 19.9 Å². The van der Waals surface area contributed by atoms with Gasteiger partial charge in [0, 0.05) is 51.9 Å². The van der Waals surface area contributed by atoms with Crippen LogP contribution in [0.4, 0.5) is 5.95 Å². The third-order valence-electron chi connectivity index (χ3n) is 4.67. The summed E-state index contributed by atoms with van der Waals surface area (Å²) in [5.74, 6) is 6.72. The normalized spacial score (nSPS) is 12.2. The summed E-state index contributed by atoms with van der Waals surface area (Å²) >= 11 is 0. The summed E-state index contributed by atoms with van der Waals surface area (Å²) in [6.45, 7) is 0. The maximum atomic E-state index is 5.83. The van der Waals surface area contributed by atoms with Gasteiger partial charge in [-0.2, -0.15) is 0 Å². The quantitative estimate of drug-likeness (QED) is 0.483. The number of aromatic amines is 1. The van der Waals surface area contributed by atoms with Gasteiger partial charge in [0.25, 0.3) is 0 Å². The highest BCUT2D eigenvalue weighted by molar-refractivity contribution is 5.98. The molecule has 1 aromatic carbocycles. The predicted octanol–water partition coefficient (Wildman–Crippen LogP) is 3.10. The summed E-state index contributed by atoms with van der Waals surface area (Å²) in [5, 5.41) is 1.13. The maximum Gasteiger partial charge on any atom is 0.220 e. The van der Waals surface area contributed by atoms with Crippen LogP contribution in [0.1, 0.15) is 22.4 Å². The second kappa shape index (κ2) is 5.71. The molecule has 0 unspecified atom stereocenters. The third kappa shape index (κ3) is 2.40. The van der Waals surface area contributed by atoms with Crippen LogP contribution < -0.4 is 5.73 Å². The summed E-state index contributed by atoms with van der Waals surface area (Å²) < 4.78 is 0. The van der Waals surface area contributed by atoms with Crippen molar-refractivity contribution >= 4 is 16.9 Å². The molecule has 5 nitrogen and oxygen atoms in total. The van der Waals surface area contributed by atoms with Gasteiger partial charge in [0.05, 0.1) is 5.69 Å². The van der Waals surface area contributed by atoms with Crippen molar-refractivity contribution in [2.75, 3.05) is 5.73 Å². The number of benzene rings is 1. The number of hydrogen-bond acceptors (Lipinski definition) is 4. The second-order valence-corrected chi connectivity index (χ2v) is 6.33. The second-order valence-electron chi connectivity index (χ2n) is 6.33. The molecular weight excluding hydrogens is 322 g/mol. The fourth-order valence-electron chi connectivity index (χ4n) is 3.44. The van der Waals surface area contributed by atoms with Crippen molar-refractivity contribution in [3.05, 3.63) is 71.3 Å². The molecule has 26 heavy (non-hydrogen) atoms. The number of H-pyrrole nitrogens is 1. The zero-order valence-corrected chi connectivity index (χ0v) is 14.0. The monoisotopic (exact) mass is 337 g/mol. The van der Waals surface area contributed by atoms with Crippen molar-refractivity contribution in [3.8, 4) is 23.1 Å². The van der Waals surface area contributed by atoms with Crippen LogP contribution in [0.5, 0.6) is 0 Å². The number of rotatable bonds is 0. The van der Waals surface area contributed by atoms with Crippen LogP contribution in [-0.4, -0.2) is 19.9 Å². The Morgan fingerprint density at radius 2 is 1.85 bits per heavy atom. The molecule has 0 saturated carbocycles. The molecule has 124 valence electrons. The Kier molecular flexibility index (Phi) is 3.22. The van der Waals surface area contributed by atoms with Gasteiger partial charge in [-0.05, 0) is 48.7 Å². The zero-order chi connectivity index (χ0) is 17.5. The minimum absolute atomic E-state index is 0.305.